The summed E-state index contributed by atoms with van der Waals surface area (Å²) in [6.07, 6.45) is 5.51. The van der Waals surface area contributed by atoms with Gasteiger partial charge in [-0.3, -0.25) is 0 Å². The highest BCUT2D eigenvalue weighted by molar-refractivity contribution is 5.98. The predicted octanol–water partition coefficient (Wildman–Crippen LogP) is 5.40. The molecule has 2 aromatic rings. The van der Waals surface area contributed by atoms with E-state index in [4.69, 9.17) is 0 Å². The standard InChI is InChI=1S/C17H14.2ClH/c1-3-8-14(9-4-1)16-12-7-13-17(16)15-10-5-2-6-11-15;;/h1-12H,13H2;2*1H. The van der Waals surface area contributed by atoms with Gasteiger partial charge in [0.25, 0.3) is 0 Å². The molecule has 3 rings (SSSR count). The van der Waals surface area contributed by atoms with Gasteiger partial charge < -0.3 is 0 Å². The number of hydrogen-bond acceptors (Lipinski definition) is 0. The van der Waals surface area contributed by atoms with Crippen LogP contribution in [-0.2, 0) is 0 Å². The predicted molar refractivity (Wildman–Crippen MR) is 88.0 cm³/mol. The zero-order chi connectivity index (χ0) is 11.5. The average molecular weight is 291 g/mol. The first-order chi connectivity index (χ1) is 8.45. The summed E-state index contributed by atoms with van der Waals surface area (Å²) >= 11 is 0. The summed E-state index contributed by atoms with van der Waals surface area (Å²) in [6, 6.07) is 21.2. The zero-order valence-corrected chi connectivity index (χ0v) is 12.1. The van der Waals surface area contributed by atoms with E-state index in [1.807, 2.05) is 0 Å². The van der Waals surface area contributed by atoms with E-state index in [0.717, 1.165) is 6.42 Å². The Balaban J connectivity index is 0.000000902. The highest BCUT2D eigenvalue weighted by Crippen LogP contribution is 2.34. The summed E-state index contributed by atoms with van der Waals surface area (Å²) in [6.45, 7) is 0. The second kappa shape index (κ2) is 7.18. The number of rotatable bonds is 2. The van der Waals surface area contributed by atoms with Crippen molar-refractivity contribution in [2.24, 2.45) is 0 Å². The molecule has 0 bridgehead atoms. The van der Waals surface area contributed by atoms with E-state index in [2.05, 4.69) is 72.8 Å². The fourth-order valence-corrected chi connectivity index (χ4v) is 2.31. The third kappa shape index (κ3) is 3.28. The van der Waals surface area contributed by atoms with Crippen LogP contribution in [0, 0.1) is 0 Å². The van der Waals surface area contributed by atoms with Crippen LogP contribution in [0.1, 0.15) is 17.5 Å². The third-order valence-electron chi connectivity index (χ3n) is 3.14. The molecule has 0 saturated heterocycles. The van der Waals surface area contributed by atoms with E-state index < -0.39 is 0 Å². The largest absolute Gasteiger partial charge is 0.147 e. The number of hydrogen-bond donors (Lipinski definition) is 0. The van der Waals surface area contributed by atoms with Gasteiger partial charge in [0.15, 0.2) is 0 Å². The molecule has 0 aliphatic heterocycles. The first kappa shape index (κ1) is 15.6. The van der Waals surface area contributed by atoms with Crippen LogP contribution in [0.5, 0.6) is 0 Å². The Morgan fingerprint density at radius 1 is 0.632 bits per heavy atom. The van der Waals surface area contributed by atoms with E-state index in [-0.39, 0.29) is 24.8 Å². The first-order valence-electron chi connectivity index (χ1n) is 5.96. The maximum absolute atomic E-state index is 2.24. The van der Waals surface area contributed by atoms with Crippen molar-refractivity contribution in [2.75, 3.05) is 0 Å². The van der Waals surface area contributed by atoms with Crippen LogP contribution in [-0.4, -0.2) is 0 Å². The molecule has 19 heavy (non-hydrogen) atoms. The fourth-order valence-electron chi connectivity index (χ4n) is 2.31. The Labute approximate surface area is 126 Å². The molecule has 0 radical (unpaired) electrons. The Bertz CT molecular complexity index is 569. The van der Waals surface area contributed by atoms with Gasteiger partial charge in [-0.05, 0) is 28.7 Å². The Morgan fingerprint density at radius 2 is 1.16 bits per heavy atom. The van der Waals surface area contributed by atoms with Crippen molar-refractivity contribution in [3.05, 3.63) is 83.9 Å². The quantitative estimate of drug-likeness (QED) is 0.695. The minimum Gasteiger partial charge on any atom is -0.147 e. The van der Waals surface area contributed by atoms with Gasteiger partial charge in [0.1, 0.15) is 0 Å². The molecule has 0 unspecified atom stereocenters. The van der Waals surface area contributed by atoms with Gasteiger partial charge in [-0.2, -0.15) is 0 Å². The maximum Gasteiger partial charge on any atom is -0.00820 e. The minimum atomic E-state index is 0. The molecule has 0 spiro atoms. The Morgan fingerprint density at radius 3 is 1.74 bits per heavy atom. The number of halogens is 2. The maximum atomic E-state index is 2.24. The van der Waals surface area contributed by atoms with Crippen LogP contribution in [0.2, 0.25) is 0 Å². The van der Waals surface area contributed by atoms with Gasteiger partial charge in [0, 0.05) is 0 Å². The Kier molecular flexibility index (Phi) is 5.88. The highest BCUT2D eigenvalue weighted by Gasteiger charge is 2.12. The lowest BCUT2D eigenvalue weighted by molar-refractivity contribution is 1.43. The van der Waals surface area contributed by atoms with Crippen LogP contribution < -0.4 is 0 Å². The average Bonchev–Trinajstić information content (AvgIpc) is 2.90. The molecular formula is C17H16Cl2. The Hall–Kier alpha value is -1.50. The molecule has 1 aliphatic rings. The lowest BCUT2D eigenvalue weighted by Crippen LogP contribution is -1.85. The van der Waals surface area contributed by atoms with Crippen molar-refractivity contribution in [3.8, 4) is 0 Å². The first-order valence-corrected chi connectivity index (χ1v) is 5.96. The van der Waals surface area contributed by atoms with Crippen LogP contribution in [0.3, 0.4) is 0 Å². The molecule has 0 aromatic heterocycles. The van der Waals surface area contributed by atoms with Crippen LogP contribution >= 0.6 is 24.8 Å². The lowest BCUT2D eigenvalue weighted by atomic mass is 9.97. The number of allylic oxidation sites excluding steroid dienone is 4. The van der Waals surface area contributed by atoms with Crippen molar-refractivity contribution >= 4 is 36.0 Å². The molecule has 0 fully saturated rings. The molecule has 0 heterocycles. The van der Waals surface area contributed by atoms with Gasteiger partial charge in [0.2, 0.25) is 0 Å². The molecule has 0 atom stereocenters. The van der Waals surface area contributed by atoms with Crippen molar-refractivity contribution in [1.29, 1.82) is 0 Å². The topological polar surface area (TPSA) is 0 Å². The van der Waals surface area contributed by atoms with Crippen LogP contribution in [0.15, 0.2) is 72.8 Å². The van der Waals surface area contributed by atoms with E-state index in [9.17, 15) is 0 Å². The molecule has 0 saturated carbocycles. The minimum absolute atomic E-state index is 0. The highest BCUT2D eigenvalue weighted by atomic mass is 35.5. The number of benzene rings is 2. The second-order valence-electron chi connectivity index (χ2n) is 4.23. The summed E-state index contributed by atoms with van der Waals surface area (Å²) in [5.41, 5.74) is 5.42. The van der Waals surface area contributed by atoms with Crippen molar-refractivity contribution < 1.29 is 0 Å². The second-order valence-corrected chi connectivity index (χ2v) is 4.23. The van der Waals surface area contributed by atoms with Gasteiger partial charge in [-0.1, -0.05) is 72.8 Å². The normalized spacial score (nSPS) is 12.8. The van der Waals surface area contributed by atoms with E-state index in [1.165, 1.54) is 22.3 Å². The summed E-state index contributed by atoms with van der Waals surface area (Å²) in [5, 5.41) is 0. The van der Waals surface area contributed by atoms with E-state index in [1.54, 1.807) is 0 Å². The van der Waals surface area contributed by atoms with Crippen LogP contribution in [0.4, 0.5) is 0 Å². The van der Waals surface area contributed by atoms with Gasteiger partial charge in [0.05, 0.1) is 0 Å². The molecule has 0 nitrogen and oxygen atoms in total. The summed E-state index contributed by atoms with van der Waals surface area (Å²) in [7, 11) is 0. The summed E-state index contributed by atoms with van der Waals surface area (Å²) < 4.78 is 0. The van der Waals surface area contributed by atoms with E-state index in [0.29, 0.717) is 0 Å². The molecule has 98 valence electrons. The smallest absolute Gasteiger partial charge is 0.00820 e. The SMILES string of the molecule is C1=CC(c2ccccc2)=C(c2ccccc2)C1.Cl.Cl. The van der Waals surface area contributed by atoms with Crippen LogP contribution in [0.25, 0.3) is 11.1 Å². The molecule has 0 N–H and O–H groups in total. The molecule has 1 aliphatic carbocycles. The monoisotopic (exact) mass is 290 g/mol. The third-order valence-corrected chi connectivity index (χ3v) is 3.14. The molecular weight excluding hydrogens is 275 g/mol. The summed E-state index contributed by atoms with van der Waals surface area (Å²) in [4.78, 5) is 0. The van der Waals surface area contributed by atoms with E-state index >= 15 is 0 Å². The van der Waals surface area contributed by atoms with Crippen molar-refractivity contribution in [1.82, 2.24) is 0 Å². The van der Waals surface area contributed by atoms with Gasteiger partial charge in [-0.25, -0.2) is 0 Å². The zero-order valence-electron chi connectivity index (χ0n) is 10.5. The lowest BCUT2D eigenvalue weighted by Gasteiger charge is -2.07. The summed E-state index contributed by atoms with van der Waals surface area (Å²) in [5.74, 6) is 0. The molecule has 2 heteroatoms. The molecule has 0 amide bonds. The van der Waals surface area contributed by atoms with Crippen molar-refractivity contribution in [2.45, 2.75) is 6.42 Å². The fraction of sp³-hybridized carbons (Fsp3) is 0.0588. The van der Waals surface area contributed by atoms with Gasteiger partial charge in [-0.15, -0.1) is 24.8 Å². The van der Waals surface area contributed by atoms with Gasteiger partial charge >= 0.3 is 0 Å². The van der Waals surface area contributed by atoms with Crippen molar-refractivity contribution in [3.63, 3.8) is 0 Å². The molecule has 2 aromatic carbocycles.